The summed E-state index contributed by atoms with van der Waals surface area (Å²) >= 11 is 0. The molecule has 0 heterocycles. The maximum Gasteiger partial charge on any atom is 0.315 e. The fraction of sp³-hybridized carbons (Fsp3) is 0.800. The predicted molar refractivity (Wildman–Crippen MR) is 61.2 cm³/mol. The Morgan fingerprint density at radius 2 is 1.94 bits per heavy atom. The third-order valence-electron chi connectivity index (χ3n) is 1.68. The number of ether oxygens (including phenoxy) is 1. The van der Waals surface area contributed by atoms with Gasteiger partial charge in [0, 0.05) is 26.3 Å². The molecule has 0 aromatic rings. The zero-order chi connectivity index (χ0) is 12.4. The van der Waals surface area contributed by atoms with Gasteiger partial charge in [-0.3, -0.25) is 4.79 Å². The molecule has 3 amide bonds. The van der Waals surface area contributed by atoms with E-state index in [0.29, 0.717) is 13.2 Å². The molecule has 16 heavy (non-hydrogen) atoms. The molecule has 3 N–H and O–H groups in total. The van der Waals surface area contributed by atoms with Crippen molar-refractivity contribution in [2.75, 3.05) is 26.8 Å². The van der Waals surface area contributed by atoms with Crippen LogP contribution in [0.1, 0.15) is 20.3 Å². The molecule has 0 saturated heterocycles. The van der Waals surface area contributed by atoms with Crippen molar-refractivity contribution in [2.45, 2.75) is 26.3 Å². The highest BCUT2D eigenvalue weighted by Gasteiger charge is 2.05. The van der Waals surface area contributed by atoms with Crippen molar-refractivity contribution in [3.8, 4) is 0 Å². The van der Waals surface area contributed by atoms with E-state index in [9.17, 15) is 9.59 Å². The minimum absolute atomic E-state index is 0.00840. The van der Waals surface area contributed by atoms with Crippen LogP contribution in [0.4, 0.5) is 4.79 Å². The fourth-order valence-corrected chi connectivity index (χ4v) is 0.981. The smallest absolute Gasteiger partial charge is 0.315 e. The first-order valence-electron chi connectivity index (χ1n) is 5.36. The molecule has 94 valence electrons. The topological polar surface area (TPSA) is 79.5 Å². The van der Waals surface area contributed by atoms with Crippen LogP contribution in [0.5, 0.6) is 0 Å². The molecule has 0 rings (SSSR count). The highest BCUT2D eigenvalue weighted by molar-refractivity contribution is 5.83. The van der Waals surface area contributed by atoms with Crippen molar-refractivity contribution in [2.24, 2.45) is 0 Å². The molecule has 0 bridgehead atoms. The van der Waals surface area contributed by atoms with E-state index in [-0.39, 0.29) is 24.5 Å². The predicted octanol–water partition coefficient (Wildman–Crippen LogP) is -0.153. The Kier molecular flexibility index (Phi) is 8.24. The quantitative estimate of drug-likeness (QED) is 0.533. The van der Waals surface area contributed by atoms with Gasteiger partial charge in [0.2, 0.25) is 5.91 Å². The van der Waals surface area contributed by atoms with Crippen LogP contribution in [-0.2, 0) is 9.53 Å². The molecule has 0 aliphatic rings. The van der Waals surface area contributed by atoms with Crippen LogP contribution in [0, 0.1) is 0 Å². The van der Waals surface area contributed by atoms with Gasteiger partial charge in [0.15, 0.2) is 0 Å². The van der Waals surface area contributed by atoms with Crippen molar-refractivity contribution in [1.29, 1.82) is 0 Å². The maximum atomic E-state index is 11.2. The number of carbonyl (C=O) groups is 2. The number of hydrogen-bond donors (Lipinski definition) is 3. The number of rotatable bonds is 7. The van der Waals surface area contributed by atoms with Crippen LogP contribution >= 0.6 is 0 Å². The van der Waals surface area contributed by atoms with Gasteiger partial charge in [-0.25, -0.2) is 4.79 Å². The Morgan fingerprint density at radius 3 is 2.50 bits per heavy atom. The molecule has 0 unspecified atom stereocenters. The van der Waals surface area contributed by atoms with Gasteiger partial charge in [-0.1, -0.05) is 0 Å². The van der Waals surface area contributed by atoms with Gasteiger partial charge in [0.05, 0.1) is 6.54 Å². The lowest BCUT2D eigenvalue weighted by Gasteiger charge is -2.10. The standard InChI is InChI=1S/C10H21N3O3/c1-8(2)13-10(15)12-7-9(14)11-5-4-6-16-3/h8H,4-7H2,1-3H3,(H,11,14)(H2,12,13,15). The number of nitrogens with one attached hydrogen (secondary N) is 3. The fourth-order valence-electron chi connectivity index (χ4n) is 0.981. The monoisotopic (exact) mass is 231 g/mol. The second kappa shape index (κ2) is 8.96. The molecule has 0 spiro atoms. The SMILES string of the molecule is COCCCNC(=O)CNC(=O)NC(C)C. The number of urea groups is 1. The minimum atomic E-state index is -0.331. The summed E-state index contributed by atoms with van der Waals surface area (Å²) in [6, 6.07) is -0.271. The van der Waals surface area contributed by atoms with Crippen molar-refractivity contribution >= 4 is 11.9 Å². The summed E-state index contributed by atoms with van der Waals surface area (Å²) in [5.41, 5.74) is 0. The molecule has 0 aromatic heterocycles. The van der Waals surface area contributed by atoms with E-state index in [1.54, 1.807) is 7.11 Å². The summed E-state index contributed by atoms with van der Waals surface area (Å²) in [4.78, 5) is 22.3. The Morgan fingerprint density at radius 1 is 1.25 bits per heavy atom. The second-order valence-electron chi connectivity index (χ2n) is 3.68. The summed E-state index contributed by atoms with van der Waals surface area (Å²) < 4.78 is 4.83. The summed E-state index contributed by atoms with van der Waals surface area (Å²) in [5, 5.41) is 7.75. The zero-order valence-electron chi connectivity index (χ0n) is 10.1. The highest BCUT2D eigenvalue weighted by atomic mass is 16.5. The highest BCUT2D eigenvalue weighted by Crippen LogP contribution is 1.78. The molecular formula is C10H21N3O3. The lowest BCUT2D eigenvalue weighted by Crippen LogP contribution is -2.44. The third-order valence-corrected chi connectivity index (χ3v) is 1.68. The average molecular weight is 231 g/mol. The van der Waals surface area contributed by atoms with E-state index in [1.165, 1.54) is 0 Å². The van der Waals surface area contributed by atoms with Crippen molar-refractivity contribution in [1.82, 2.24) is 16.0 Å². The van der Waals surface area contributed by atoms with Crippen molar-refractivity contribution in [3.05, 3.63) is 0 Å². The van der Waals surface area contributed by atoms with Crippen molar-refractivity contribution < 1.29 is 14.3 Å². The number of carbonyl (C=O) groups excluding carboxylic acids is 2. The summed E-state index contributed by atoms with van der Waals surface area (Å²) in [6.45, 7) is 4.86. The van der Waals surface area contributed by atoms with E-state index in [2.05, 4.69) is 16.0 Å². The minimum Gasteiger partial charge on any atom is -0.385 e. The molecule has 0 saturated carbocycles. The van der Waals surface area contributed by atoms with Gasteiger partial charge in [-0.2, -0.15) is 0 Å². The maximum absolute atomic E-state index is 11.2. The molecule has 0 fully saturated rings. The van der Waals surface area contributed by atoms with Crippen LogP contribution in [0.25, 0.3) is 0 Å². The Bertz CT molecular complexity index is 219. The molecule has 0 aromatic carbocycles. The van der Waals surface area contributed by atoms with Crippen LogP contribution in [0.3, 0.4) is 0 Å². The molecule has 6 heteroatoms. The number of methoxy groups -OCH3 is 1. The van der Waals surface area contributed by atoms with Crippen LogP contribution in [0.15, 0.2) is 0 Å². The van der Waals surface area contributed by atoms with Gasteiger partial charge in [-0.15, -0.1) is 0 Å². The summed E-state index contributed by atoms with van der Waals surface area (Å²) in [6.07, 6.45) is 0.764. The van der Waals surface area contributed by atoms with Gasteiger partial charge < -0.3 is 20.7 Å². The van der Waals surface area contributed by atoms with E-state index < -0.39 is 0 Å². The first-order valence-corrected chi connectivity index (χ1v) is 5.36. The van der Waals surface area contributed by atoms with E-state index in [1.807, 2.05) is 13.8 Å². The van der Waals surface area contributed by atoms with Crippen LogP contribution < -0.4 is 16.0 Å². The first kappa shape index (κ1) is 14.7. The van der Waals surface area contributed by atoms with Crippen LogP contribution in [0.2, 0.25) is 0 Å². The average Bonchev–Trinajstić information content (AvgIpc) is 2.20. The lowest BCUT2D eigenvalue weighted by atomic mass is 10.4. The molecule has 0 aliphatic heterocycles. The molecule has 0 radical (unpaired) electrons. The lowest BCUT2D eigenvalue weighted by molar-refractivity contribution is -0.120. The number of amides is 3. The van der Waals surface area contributed by atoms with Gasteiger partial charge in [0.1, 0.15) is 0 Å². The first-order chi connectivity index (χ1) is 7.56. The van der Waals surface area contributed by atoms with Gasteiger partial charge >= 0.3 is 6.03 Å². The number of hydrogen-bond acceptors (Lipinski definition) is 3. The Balaban J connectivity index is 3.46. The second-order valence-corrected chi connectivity index (χ2v) is 3.68. The molecule has 6 nitrogen and oxygen atoms in total. The van der Waals surface area contributed by atoms with Crippen LogP contribution in [-0.4, -0.2) is 44.8 Å². The largest absolute Gasteiger partial charge is 0.385 e. The third kappa shape index (κ3) is 9.26. The van der Waals surface area contributed by atoms with Gasteiger partial charge in [-0.05, 0) is 20.3 Å². The van der Waals surface area contributed by atoms with E-state index >= 15 is 0 Å². The Labute approximate surface area is 96.1 Å². The van der Waals surface area contributed by atoms with Gasteiger partial charge in [0.25, 0.3) is 0 Å². The van der Waals surface area contributed by atoms with E-state index in [0.717, 1.165) is 6.42 Å². The molecule has 0 aliphatic carbocycles. The van der Waals surface area contributed by atoms with E-state index in [4.69, 9.17) is 4.74 Å². The summed E-state index contributed by atoms with van der Waals surface area (Å²) in [5.74, 6) is -0.199. The summed E-state index contributed by atoms with van der Waals surface area (Å²) in [7, 11) is 1.61. The normalized spacial score (nSPS) is 10.0. The molecule has 0 atom stereocenters. The van der Waals surface area contributed by atoms with Crippen molar-refractivity contribution in [3.63, 3.8) is 0 Å². The zero-order valence-corrected chi connectivity index (χ0v) is 10.1. The molecular weight excluding hydrogens is 210 g/mol. The Hall–Kier alpha value is -1.30.